The molecule has 0 saturated carbocycles. The van der Waals surface area contributed by atoms with Crippen LogP contribution >= 0.6 is 0 Å². The van der Waals surface area contributed by atoms with Gasteiger partial charge in [-0.3, -0.25) is 0 Å². The van der Waals surface area contributed by atoms with Crippen LogP contribution in [0.25, 0.3) is 0 Å². The summed E-state index contributed by atoms with van der Waals surface area (Å²) in [6.07, 6.45) is 0. The maximum absolute atomic E-state index is 12.6. The Morgan fingerprint density at radius 3 is 2.17 bits per heavy atom. The summed E-state index contributed by atoms with van der Waals surface area (Å²) in [6, 6.07) is 12.8. The Bertz CT molecular complexity index is 612. The van der Waals surface area contributed by atoms with Gasteiger partial charge >= 0.3 is 0 Å². The van der Waals surface area contributed by atoms with E-state index in [1.54, 1.807) is 18.2 Å². The molecule has 0 spiro atoms. The topological polar surface area (TPSA) is 55.4 Å². The summed E-state index contributed by atoms with van der Waals surface area (Å²) in [5, 5.41) is 0. The van der Waals surface area contributed by atoms with Crippen molar-refractivity contribution < 1.29 is 17.6 Å². The van der Waals surface area contributed by atoms with E-state index in [1.807, 2.05) is 4.89 Å². The molecule has 2 rings (SSSR count). The van der Waals surface area contributed by atoms with Gasteiger partial charge in [-0.2, -0.15) is 0 Å². The van der Waals surface area contributed by atoms with Crippen LogP contribution in [-0.2, 0) is 10.0 Å². The molecular weight excluding hydrogens is 257 g/mol. The molecular formula is C12H10FNO3S. The molecule has 0 bridgehead atoms. The fraction of sp³-hybridized carbons (Fsp3) is 0. The van der Waals surface area contributed by atoms with Crippen LogP contribution in [0.15, 0.2) is 59.5 Å². The largest absolute Gasteiger partial charge is 0.394 e. The second kappa shape index (κ2) is 5.16. The molecule has 18 heavy (non-hydrogen) atoms. The van der Waals surface area contributed by atoms with Crippen molar-refractivity contribution in [1.29, 1.82) is 0 Å². The van der Waals surface area contributed by atoms with Crippen LogP contribution in [0.1, 0.15) is 0 Å². The molecule has 0 aromatic heterocycles. The van der Waals surface area contributed by atoms with E-state index < -0.39 is 15.8 Å². The van der Waals surface area contributed by atoms with Crippen molar-refractivity contribution in [3.8, 4) is 5.75 Å². The smallest absolute Gasteiger partial charge is 0.271 e. The monoisotopic (exact) mass is 267 g/mol. The van der Waals surface area contributed by atoms with Gasteiger partial charge in [-0.1, -0.05) is 18.2 Å². The summed E-state index contributed by atoms with van der Waals surface area (Å²) in [7, 11) is -3.73. The molecule has 2 aromatic rings. The van der Waals surface area contributed by atoms with E-state index >= 15 is 0 Å². The van der Waals surface area contributed by atoms with Gasteiger partial charge in [0.05, 0.1) is 4.90 Å². The van der Waals surface area contributed by atoms with Gasteiger partial charge in [0.25, 0.3) is 10.0 Å². The summed E-state index contributed by atoms with van der Waals surface area (Å²) >= 11 is 0. The van der Waals surface area contributed by atoms with Crippen LogP contribution in [0.5, 0.6) is 5.75 Å². The Morgan fingerprint density at radius 2 is 1.56 bits per heavy atom. The molecule has 0 radical (unpaired) electrons. The minimum absolute atomic E-state index is 0.0899. The zero-order valence-electron chi connectivity index (χ0n) is 9.21. The van der Waals surface area contributed by atoms with Crippen LogP contribution in [0.4, 0.5) is 4.39 Å². The van der Waals surface area contributed by atoms with Crippen molar-refractivity contribution in [2.45, 2.75) is 4.90 Å². The summed E-state index contributed by atoms with van der Waals surface area (Å²) in [5.41, 5.74) is 0. The van der Waals surface area contributed by atoms with Gasteiger partial charge in [0.2, 0.25) is 0 Å². The number of halogens is 1. The zero-order chi connectivity index (χ0) is 13.0. The van der Waals surface area contributed by atoms with Crippen LogP contribution < -0.4 is 9.72 Å². The highest BCUT2D eigenvalue weighted by molar-refractivity contribution is 7.89. The first kappa shape index (κ1) is 12.5. The van der Waals surface area contributed by atoms with Gasteiger partial charge in [0.1, 0.15) is 11.6 Å². The van der Waals surface area contributed by atoms with Gasteiger partial charge in [0.15, 0.2) is 0 Å². The molecule has 0 unspecified atom stereocenters. The summed E-state index contributed by atoms with van der Waals surface area (Å²) in [5.74, 6) is -0.218. The van der Waals surface area contributed by atoms with Gasteiger partial charge in [-0.05, 0) is 41.3 Å². The first-order valence-corrected chi connectivity index (χ1v) is 6.55. The quantitative estimate of drug-likeness (QED) is 0.863. The van der Waals surface area contributed by atoms with E-state index in [-0.39, 0.29) is 10.6 Å². The normalized spacial score (nSPS) is 11.2. The van der Waals surface area contributed by atoms with Crippen molar-refractivity contribution in [2.24, 2.45) is 0 Å². The zero-order valence-corrected chi connectivity index (χ0v) is 10.0. The number of rotatable bonds is 4. The standard InChI is InChI=1S/C12H10FNO3S/c13-10-6-8-11(9-7-10)17-14-18(15,16)12-4-2-1-3-5-12/h1-9,14H. The average Bonchev–Trinajstić information content (AvgIpc) is 2.39. The SMILES string of the molecule is O=S(=O)(NOc1ccc(F)cc1)c1ccccc1. The van der Waals surface area contributed by atoms with E-state index in [0.717, 1.165) is 0 Å². The van der Waals surface area contributed by atoms with Gasteiger partial charge in [0, 0.05) is 0 Å². The van der Waals surface area contributed by atoms with E-state index in [4.69, 9.17) is 4.84 Å². The Labute approximate surface area is 104 Å². The number of sulfonamides is 1. The third kappa shape index (κ3) is 3.06. The summed E-state index contributed by atoms with van der Waals surface area (Å²) < 4.78 is 36.2. The molecule has 6 heteroatoms. The molecule has 0 aliphatic carbocycles. The number of hydrogen-bond donors (Lipinski definition) is 1. The molecule has 4 nitrogen and oxygen atoms in total. The number of nitrogens with one attached hydrogen (secondary N) is 1. The minimum Gasteiger partial charge on any atom is -0.394 e. The molecule has 0 atom stereocenters. The molecule has 1 N–H and O–H groups in total. The molecule has 0 aliphatic rings. The molecule has 0 fully saturated rings. The summed E-state index contributed by atoms with van der Waals surface area (Å²) in [4.78, 5) is 6.93. The van der Waals surface area contributed by atoms with Crippen LogP contribution in [-0.4, -0.2) is 8.42 Å². The Balaban J connectivity index is 2.08. The maximum atomic E-state index is 12.6. The van der Waals surface area contributed by atoms with Crippen LogP contribution in [0.3, 0.4) is 0 Å². The fourth-order valence-corrected chi connectivity index (χ4v) is 2.07. The predicted molar refractivity (Wildman–Crippen MR) is 63.8 cm³/mol. The molecule has 0 saturated heterocycles. The highest BCUT2D eigenvalue weighted by atomic mass is 32.2. The lowest BCUT2D eigenvalue weighted by molar-refractivity contribution is 0.268. The van der Waals surface area contributed by atoms with Crippen molar-refractivity contribution in [1.82, 2.24) is 4.89 Å². The molecule has 0 heterocycles. The van der Waals surface area contributed by atoms with E-state index in [2.05, 4.69) is 0 Å². The first-order valence-electron chi connectivity index (χ1n) is 5.07. The van der Waals surface area contributed by atoms with Crippen LogP contribution in [0, 0.1) is 5.82 Å². The van der Waals surface area contributed by atoms with Crippen molar-refractivity contribution in [3.63, 3.8) is 0 Å². The Morgan fingerprint density at radius 1 is 0.944 bits per heavy atom. The molecule has 0 aliphatic heterocycles. The molecule has 2 aromatic carbocycles. The number of benzene rings is 2. The second-order valence-corrected chi connectivity index (χ2v) is 5.10. The van der Waals surface area contributed by atoms with E-state index in [1.165, 1.54) is 36.4 Å². The third-order valence-electron chi connectivity index (χ3n) is 2.14. The number of hydrogen-bond acceptors (Lipinski definition) is 3. The first-order chi connectivity index (χ1) is 8.58. The van der Waals surface area contributed by atoms with Gasteiger partial charge in [-0.25, -0.2) is 12.8 Å². The fourth-order valence-electron chi connectivity index (χ4n) is 1.25. The Kier molecular flexibility index (Phi) is 3.59. The average molecular weight is 267 g/mol. The van der Waals surface area contributed by atoms with E-state index in [9.17, 15) is 12.8 Å². The third-order valence-corrected chi connectivity index (χ3v) is 3.33. The van der Waals surface area contributed by atoms with Gasteiger partial charge < -0.3 is 4.84 Å². The summed E-state index contributed by atoms with van der Waals surface area (Å²) in [6.45, 7) is 0. The lowest BCUT2D eigenvalue weighted by Gasteiger charge is -2.07. The minimum atomic E-state index is -3.73. The lowest BCUT2D eigenvalue weighted by atomic mass is 10.3. The maximum Gasteiger partial charge on any atom is 0.271 e. The van der Waals surface area contributed by atoms with Crippen molar-refractivity contribution in [2.75, 3.05) is 0 Å². The van der Waals surface area contributed by atoms with E-state index in [0.29, 0.717) is 0 Å². The highest BCUT2D eigenvalue weighted by Gasteiger charge is 2.13. The lowest BCUT2D eigenvalue weighted by Crippen LogP contribution is -2.27. The van der Waals surface area contributed by atoms with Gasteiger partial charge in [-0.15, -0.1) is 0 Å². The predicted octanol–water partition coefficient (Wildman–Crippen LogP) is 2.10. The molecule has 0 amide bonds. The molecule has 94 valence electrons. The highest BCUT2D eigenvalue weighted by Crippen LogP contribution is 2.12. The Hall–Kier alpha value is -1.92. The van der Waals surface area contributed by atoms with Crippen LogP contribution in [0.2, 0.25) is 0 Å². The van der Waals surface area contributed by atoms with Crippen molar-refractivity contribution >= 4 is 10.0 Å². The second-order valence-electron chi connectivity index (χ2n) is 3.46. The van der Waals surface area contributed by atoms with Crippen molar-refractivity contribution in [3.05, 3.63) is 60.4 Å².